The van der Waals surface area contributed by atoms with Crippen molar-refractivity contribution in [2.24, 2.45) is 10.1 Å². The van der Waals surface area contributed by atoms with Crippen LogP contribution in [0.2, 0.25) is 0 Å². The summed E-state index contributed by atoms with van der Waals surface area (Å²) in [6.07, 6.45) is 1.34. The summed E-state index contributed by atoms with van der Waals surface area (Å²) in [7, 11) is 0. The quantitative estimate of drug-likeness (QED) is 0.253. The number of nitro groups is 1. The van der Waals surface area contributed by atoms with Crippen LogP contribution in [-0.4, -0.2) is 15.8 Å². The van der Waals surface area contributed by atoms with E-state index in [4.69, 9.17) is 4.42 Å². The van der Waals surface area contributed by atoms with Crippen LogP contribution in [0.4, 0.5) is 10.3 Å². The average molecular weight is 422 g/mol. The van der Waals surface area contributed by atoms with E-state index in [-0.39, 0.29) is 17.5 Å². The van der Waals surface area contributed by atoms with Gasteiger partial charge in [-0.15, -0.1) is 11.3 Å². The highest BCUT2D eigenvalue weighted by Crippen LogP contribution is 2.23. The number of furan rings is 1. The van der Waals surface area contributed by atoms with Crippen molar-refractivity contribution in [2.45, 2.75) is 6.54 Å². The predicted molar refractivity (Wildman–Crippen MR) is 112 cm³/mol. The number of hydrogen-bond acceptors (Lipinski definition) is 6. The fraction of sp³-hybridized carbons (Fsp3) is 0.0476. The molecule has 0 N–H and O–H groups in total. The Bertz CT molecular complexity index is 1270. The highest BCUT2D eigenvalue weighted by Gasteiger charge is 2.13. The molecule has 2 heterocycles. The predicted octanol–water partition coefficient (Wildman–Crippen LogP) is 4.84. The van der Waals surface area contributed by atoms with Crippen molar-refractivity contribution in [1.29, 1.82) is 0 Å². The molecule has 2 aromatic carbocycles. The molecule has 0 bridgehead atoms. The van der Waals surface area contributed by atoms with Crippen molar-refractivity contribution in [2.75, 3.05) is 0 Å². The zero-order valence-electron chi connectivity index (χ0n) is 15.5. The third kappa shape index (κ3) is 4.26. The molecular weight excluding hydrogens is 407 g/mol. The lowest BCUT2D eigenvalue weighted by molar-refractivity contribution is -0.402. The number of hydrogen-bond donors (Lipinski definition) is 0. The Hall–Kier alpha value is -3.85. The van der Waals surface area contributed by atoms with E-state index < -0.39 is 4.92 Å². The zero-order chi connectivity index (χ0) is 20.9. The van der Waals surface area contributed by atoms with E-state index in [2.05, 4.69) is 10.1 Å². The summed E-state index contributed by atoms with van der Waals surface area (Å²) in [5.41, 5.74) is 1.91. The fourth-order valence-electron chi connectivity index (χ4n) is 2.74. The van der Waals surface area contributed by atoms with Gasteiger partial charge in [0.25, 0.3) is 0 Å². The number of benzene rings is 2. The SMILES string of the molecule is O=[N+]([O-])c1ccc(C=Nn2c(-c3ccccc3F)csc2=NCc2ccccc2)o1. The molecule has 0 aliphatic rings. The normalized spacial score (nSPS) is 12.0. The molecule has 0 fully saturated rings. The number of halogens is 1. The topological polar surface area (TPSA) is 85.9 Å². The van der Waals surface area contributed by atoms with Crippen molar-refractivity contribution < 1.29 is 13.7 Å². The highest BCUT2D eigenvalue weighted by atomic mass is 32.1. The molecule has 2 aromatic heterocycles. The molecule has 0 saturated heterocycles. The Balaban J connectivity index is 1.76. The second-order valence-corrected chi connectivity index (χ2v) is 7.01. The van der Waals surface area contributed by atoms with E-state index >= 15 is 0 Å². The Kier molecular flexibility index (Phi) is 5.62. The highest BCUT2D eigenvalue weighted by molar-refractivity contribution is 7.07. The fourth-order valence-corrected chi connectivity index (χ4v) is 3.57. The Morgan fingerprint density at radius 3 is 2.60 bits per heavy atom. The van der Waals surface area contributed by atoms with Crippen LogP contribution in [0.3, 0.4) is 0 Å². The van der Waals surface area contributed by atoms with Crippen molar-refractivity contribution in [3.05, 3.63) is 104 Å². The summed E-state index contributed by atoms with van der Waals surface area (Å²) in [4.78, 5) is 15.3. The molecule has 0 radical (unpaired) electrons. The smallest absolute Gasteiger partial charge is 0.400 e. The third-order valence-electron chi connectivity index (χ3n) is 4.17. The summed E-state index contributed by atoms with van der Waals surface area (Å²) < 4.78 is 21.0. The van der Waals surface area contributed by atoms with Gasteiger partial charge in [0, 0.05) is 10.9 Å². The summed E-state index contributed by atoms with van der Waals surface area (Å²) in [6.45, 7) is 0.430. The molecule has 4 rings (SSSR count). The van der Waals surface area contributed by atoms with Gasteiger partial charge in [0.05, 0.1) is 24.5 Å². The molecule has 4 aromatic rings. The second kappa shape index (κ2) is 8.66. The van der Waals surface area contributed by atoms with E-state index in [1.807, 2.05) is 30.3 Å². The number of aromatic nitrogens is 1. The summed E-state index contributed by atoms with van der Waals surface area (Å²) >= 11 is 1.32. The molecule has 0 unspecified atom stereocenters. The van der Waals surface area contributed by atoms with Gasteiger partial charge in [-0.1, -0.05) is 42.5 Å². The van der Waals surface area contributed by atoms with Gasteiger partial charge in [-0.2, -0.15) is 5.10 Å². The van der Waals surface area contributed by atoms with Gasteiger partial charge in [-0.3, -0.25) is 15.1 Å². The molecule has 9 heteroatoms. The molecular formula is C21H15FN4O3S. The monoisotopic (exact) mass is 422 g/mol. The van der Waals surface area contributed by atoms with Gasteiger partial charge in [0.15, 0.2) is 5.76 Å². The lowest BCUT2D eigenvalue weighted by atomic mass is 10.1. The average Bonchev–Trinajstić information content (AvgIpc) is 3.39. The standard InChI is InChI=1S/C21H15FN4O3S/c22-18-9-5-4-8-17(18)19-14-30-21(23-12-15-6-2-1-3-7-15)25(19)24-13-16-10-11-20(29-16)26(27)28/h1-11,13-14H,12H2. The third-order valence-corrected chi connectivity index (χ3v) is 5.02. The number of nitrogens with zero attached hydrogens (tertiary/aromatic N) is 4. The van der Waals surface area contributed by atoms with Crippen molar-refractivity contribution in [3.63, 3.8) is 0 Å². The lowest BCUT2D eigenvalue weighted by Crippen LogP contribution is -2.12. The molecule has 7 nitrogen and oxygen atoms in total. The van der Waals surface area contributed by atoms with Crippen LogP contribution >= 0.6 is 11.3 Å². The molecule has 30 heavy (non-hydrogen) atoms. The first-order valence-corrected chi connectivity index (χ1v) is 9.78. The second-order valence-electron chi connectivity index (χ2n) is 6.17. The molecule has 0 aliphatic carbocycles. The Morgan fingerprint density at radius 1 is 1.10 bits per heavy atom. The largest absolute Gasteiger partial charge is 0.433 e. The Morgan fingerprint density at radius 2 is 1.87 bits per heavy atom. The molecule has 150 valence electrons. The van der Waals surface area contributed by atoms with Crippen LogP contribution < -0.4 is 4.80 Å². The zero-order valence-corrected chi connectivity index (χ0v) is 16.3. The molecule has 0 spiro atoms. The van der Waals surface area contributed by atoms with Gasteiger partial charge in [0.1, 0.15) is 10.7 Å². The van der Waals surface area contributed by atoms with E-state index in [1.54, 1.807) is 23.6 Å². The number of thiazole rings is 1. The van der Waals surface area contributed by atoms with Gasteiger partial charge in [-0.05, 0) is 23.8 Å². The minimum Gasteiger partial charge on any atom is -0.400 e. The van der Waals surface area contributed by atoms with Gasteiger partial charge in [0.2, 0.25) is 4.80 Å². The van der Waals surface area contributed by atoms with E-state index in [0.29, 0.717) is 22.6 Å². The molecule has 0 atom stereocenters. The summed E-state index contributed by atoms with van der Waals surface area (Å²) in [5, 5.41) is 16.9. The minimum atomic E-state index is -0.625. The van der Waals surface area contributed by atoms with Crippen molar-refractivity contribution >= 4 is 23.4 Å². The summed E-state index contributed by atoms with van der Waals surface area (Å²) in [6, 6.07) is 18.8. The van der Waals surface area contributed by atoms with Crippen LogP contribution in [0.15, 0.2) is 86.6 Å². The number of rotatable bonds is 6. The van der Waals surface area contributed by atoms with Crippen LogP contribution in [0, 0.1) is 15.9 Å². The maximum atomic E-state index is 14.4. The first-order chi connectivity index (χ1) is 14.6. The maximum Gasteiger partial charge on any atom is 0.433 e. The van der Waals surface area contributed by atoms with Crippen molar-refractivity contribution in [3.8, 4) is 11.3 Å². The van der Waals surface area contributed by atoms with Gasteiger partial charge >= 0.3 is 5.88 Å². The maximum absolute atomic E-state index is 14.4. The molecule has 0 aliphatic heterocycles. The molecule has 0 saturated carbocycles. The van der Waals surface area contributed by atoms with Crippen LogP contribution in [-0.2, 0) is 6.54 Å². The van der Waals surface area contributed by atoms with E-state index in [1.165, 1.54) is 40.4 Å². The van der Waals surface area contributed by atoms with Crippen molar-refractivity contribution in [1.82, 2.24) is 4.68 Å². The van der Waals surface area contributed by atoms with Crippen LogP contribution in [0.1, 0.15) is 11.3 Å². The van der Waals surface area contributed by atoms with Gasteiger partial charge < -0.3 is 4.42 Å². The minimum absolute atomic E-state index is 0.203. The summed E-state index contributed by atoms with van der Waals surface area (Å²) in [5.74, 6) is -0.563. The van der Waals surface area contributed by atoms with Crippen LogP contribution in [0.5, 0.6) is 0 Å². The van der Waals surface area contributed by atoms with Gasteiger partial charge in [-0.25, -0.2) is 9.07 Å². The lowest BCUT2D eigenvalue weighted by Gasteiger charge is -2.04. The van der Waals surface area contributed by atoms with E-state index in [9.17, 15) is 14.5 Å². The Labute approximate surface area is 174 Å². The first-order valence-electron chi connectivity index (χ1n) is 8.90. The molecule has 0 amide bonds. The first kappa shape index (κ1) is 19.5. The van der Waals surface area contributed by atoms with E-state index in [0.717, 1.165) is 5.56 Å². The van der Waals surface area contributed by atoms with Crippen LogP contribution in [0.25, 0.3) is 11.3 Å².